The summed E-state index contributed by atoms with van der Waals surface area (Å²) in [7, 11) is -0.827. The molecule has 146 valence electrons. The SMILES string of the molecule is CCOCCO[Si](CCCNC)(OCCOCC)OCCOCC. The molecule has 7 nitrogen and oxygen atoms in total. The maximum absolute atomic E-state index is 6.07. The van der Waals surface area contributed by atoms with Gasteiger partial charge in [0.05, 0.1) is 39.6 Å². The molecule has 8 heteroatoms. The normalized spacial score (nSPS) is 12.0. The highest BCUT2D eigenvalue weighted by Gasteiger charge is 2.40. The predicted molar refractivity (Wildman–Crippen MR) is 96.4 cm³/mol. The molecule has 0 radical (unpaired) electrons. The maximum atomic E-state index is 6.07. The third-order valence-corrected chi connectivity index (χ3v) is 6.07. The van der Waals surface area contributed by atoms with Crippen molar-refractivity contribution in [2.75, 3.05) is 73.1 Å². The molecule has 0 spiro atoms. The molecule has 0 rings (SSSR count). The fourth-order valence-electron chi connectivity index (χ4n) is 2.02. The summed E-state index contributed by atoms with van der Waals surface area (Å²) in [5.74, 6) is 0. The molecule has 0 aliphatic carbocycles. The molecule has 24 heavy (non-hydrogen) atoms. The van der Waals surface area contributed by atoms with Crippen LogP contribution in [0.1, 0.15) is 27.2 Å². The first-order valence-electron chi connectivity index (χ1n) is 9.04. The molecule has 0 aliphatic heterocycles. The fraction of sp³-hybridized carbons (Fsp3) is 1.00. The van der Waals surface area contributed by atoms with Crippen molar-refractivity contribution >= 4 is 8.80 Å². The summed E-state index contributed by atoms with van der Waals surface area (Å²) in [6, 6.07) is 0.762. The Balaban J connectivity index is 4.58. The number of ether oxygens (including phenoxy) is 3. The molecule has 0 atom stereocenters. The number of hydrogen-bond acceptors (Lipinski definition) is 7. The Morgan fingerprint density at radius 3 is 1.42 bits per heavy atom. The Labute approximate surface area is 148 Å². The van der Waals surface area contributed by atoms with Gasteiger partial charge in [-0.05, 0) is 40.8 Å². The second-order valence-corrected chi connectivity index (χ2v) is 7.76. The second kappa shape index (κ2) is 17.8. The number of hydrogen-bond donors (Lipinski definition) is 1. The van der Waals surface area contributed by atoms with E-state index < -0.39 is 8.80 Å². The van der Waals surface area contributed by atoms with Crippen molar-refractivity contribution in [1.82, 2.24) is 5.32 Å². The summed E-state index contributed by atoms with van der Waals surface area (Å²) in [6.45, 7) is 11.9. The van der Waals surface area contributed by atoms with E-state index >= 15 is 0 Å². The molecule has 0 unspecified atom stereocenters. The number of nitrogens with one attached hydrogen (secondary N) is 1. The highest BCUT2D eigenvalue weighted by Crippen LogP contribution is 2.18. The average Bonchev–Trinajstić information content (AvgIpc) is 2.60. The van der Waals surface area contributed by atoms with Crippen LogP contribution in [-0.4, -0.2) is 81.9 Å². The van der Waals surface area contributed by atoms with Gasteiger partial charge in [-0.1, -0.05) is 0 Å². The molecular weight excluding hydrogens is 330 g/mol. The molecular formula is C16H37NO6Si. The van der Waals surface area contributed by atoms with Crippen LogP contribution in [0.25, 0.3) is 0 Å². The summed E-state index contributed by atoms with van der Waals surface area (Å²) < 4.78 is 34.3. The first-order valence-corrected chi connectivity index (χ1v) is 11.0. The van der Waals surface area contributed by atoms with Gasteiger partial charge in [0.2, 0.25) is 0 Å². The molecule has 0 saturated heterocycles. The molecule has 0 bridgehead atoms. The summed E-state index contributed by atoms with van der Waals surface area (Å²) >= 11 is 0. The van der Waals surface area contributed by atoms with E-state index in [0.717, 1.165) is 19.0 Å². The van der Waals surface area contributed by atoms with Crippen molar-refractivity contribution < 1.29 is 27.5 Å². The van der Waals surface area contributed by atoms with Gasteiger partial charge in [-0.3, -0.25) is 0 Å². The molecule has 0 aliphatic rings. The van der Waals surface area contributed by atoms with Gasteiger partial charge in [-0.2, -0.15) is 0 Å². The summed E-state index contributed by atoms with van der Waals surface area (Å²) in [4.78, 5) is 0. The lowest BCUT2D eigenvalue weighted by Crippen LogP contribution is -2.48. The van der Waals surface area contributed by atoms with E-state index in [9.17, 15) is 0 Å². The Morgan fingerprint density at radius 1 is 0.667 bits per heavy atom. The van der Waals surface area contributed by atoms with Crippen LogP contribution in [-0.2, 0) is 27.5 Å². The average molecular weight is 368 g/mol. The van der Waals surface area contributed by atoms with E-state index in [1.807, 2.05) is 27.8 Å². The lowest BCUT2D eigenvalue weighted by Gasteiger charge is -2.30. The largest absolute Gasteiger partial charge is 0.501 e. The van der Waals surface area contributed by atoms with Crippen LogP contribution in [0.5, 0.6) is 0 Å². The van der Waals surface area contributed by atoms with Crippen LogP contribution in [0, 0.1) is 0 Å². The standard InChI is InChI=1S/C16H37NO6Si/c1-5-18-10-13-21-24(16-8-9-17-4,22-14-11-19-6-2)23-15-12-20-7-3/h17H,5-16H2,1-4H3. The Morgan fingerprint density at radius 2 is 1.08 bits per heavy atom. The van der Waals surface area contributed by atoms with E-state index in [4.69, 9.17) is 27.5 Å². The molecule has 0 aromatic carbocycles. The minimum atomic E-state index is -2.76. The van der Waals surface area contributed by atoms with Crippen LogP contribution in [0.4, 0.5) is 0 Å². The van der Waals surface area contributed by atoms with Gasteiger partial charge in [0.25, 0.3) is 0 Å². The van der Waals surface area contributed by atoms with Crippen molar-refractivity contribution in [3.8, 4) is 0 Å². The van der Waals surface area contributed by atoms with Crippen molar-refractivity contribution in [1.29, 1.82) is 0 Å². The van der Waals surface area contributed by atoms with Gasteiger partial charge in [-0.15, -0.1) is 0 Å². The van der Waals surface area contributed by atoms with Gasteiger partial charge in [0.15, 0.2) is 0 Å². The zero-order valence-corrected chi connectivity index (χ0v) is 16.9. The van der Waals surface area contributed by atoms with Gasteiger partial charge in [0, 0.05) is 25.9 Å². The fourth-order valence-corrected chi connectivity index (χ4v) is 4.50. The lowest BCUT2D eigenvalue weighted by atomic mass is 10.5. The third kappa shape index (κ3) is 13.3. The van der Waals surface area contributed by atoms with Crippen LogP contribution in [0.2, 0.25) is 6.04 Å². The predicted octanol–water partition coefficient (Wildman–Crippen LogP) is 1.69. The van der Waals surface area contributed by atoms with Crippen molar-refractivity contribution in [2.24, 2.45) is 0 Å². The second-order valence-electron chi connectivity index (χ2n) is 5.03. The smallest absolute Gasteiger partial charge is 0.379 e. The van der Waals surface area contributed by atoms with Crippen LogP contribution in [0.3, 0.4) is 0 Å². The van der Waals surface area contributed by atoms with Crippen LogP contribution in [0.15, 0.2) is 0 Å². The van der Waals surface area contributed by atoms with Gasteiger partial charge < -0.3 is 32.8 Å². The molecule has 0 amide bonds. The highest BCUT2D eigenvalue weighted by atomic mass is 28.4. The Hall–Kier alpha value is -0.0631. The third-order valence-electron chi connectivity index (χ3n) is 3.17. The van der Waals surface area contributed by atoms with Gasteiger partial charge in [0.1, 0.15) is 0 Å². The maximum Gasteiger partial charge on any atom is 0.501 e. The summed E-state index contributed by atoms with van der Waals surface area (Å²) in [5.41, 5.74) is 0. The topological polar surface area (TPSA) is 67.4 Å². The minimum Gasteiger partial charge on any atom is -0.379 e. The quantitative estimate of drug-likeness (QED) is 0.275. The highest BCUT2D eigenvalue weighted by molar-refractivity contribution is 6.60. The van der Waals surface area contributed by atoms with Crippen LogP contribution < -0.4 is 5.32 Å². The molecule has 0 saturated carbocycles. The van der Waals surface area contributed by atoms with Crippen molar-refractivity contribution in [2.45, 2.75) is 33.2 Å². The zero-order valence-electron chi connectivity index (χ0n) is 15.9. The van der Waals surface area contributed by atoms with Gasteiger partial charge in [-0.25, -0.2) is 0 Å². The summed E-state index contributed by atoms with van der Waals surface area (Å²) in [5, 5.41) is 3.15. The first kappa shape index (κ1) is 23.9. The van der Waals surface area contributed by atoms with E-state index in [-0.39, 0.29) is 0 Å². The van der Waals surface area contributed by atoms with E-state index in [0.29, 0.717) is 59.5 Å². The molecule has 0 heterocycles. The van der Waals surface area contributed by atoms with Crippen molar-refractivity contribution in [3.63, 3.8) is 0 Å². The number of rotatable bonds is 19. The van der Waals surface area contributed by atoms with E-state index in [1.54, 1.807) is 0 Å². The van der Waals surface area contributed by atoms with Crippen LogP contribution >= 0.6 is 0 Å². The van der Waals surface area contributed by atoms with E-state index in [2.05, 4.69) is 5.32 Å². The molecule has 0 aromatic heterocycles. The zero-order chi connectivity index (χ0) is 17.9. The lowest BCUT2D eigenvalue weighted by molar-refractivity contribution is 0.00329. The first-order chi connectivity index (χ1) is 11.7. The minimum absolute atomic E-state index is 0.475. The van der Waals surface area contributed by atoms with Crippen molar-refractivity contribution in [3.05, 3.63) is 0 Å². The molecule has 0 fully saturated rings. The molecule has 1 N–H and O–H groups in total. The Kier molecular flexibility index (Phi) is 17.7. The monoisotopic (exact) mass is 367 g/mol. The van der Waals surface area contributed by atoms with E-state index in [1.165, 1.54) is 0 Å². The Bertz CT molecular complexity index is 229. The molecule has 0 aromatic rings. The van der Waals surface area contributed by atoms with Gasteiger partial charge >= 0.3 is 8.80 Å². The summed E-state index contributed by atoms with van der Waals surface area (Å²) in [6.07, 6.45) is 0.931.